The Morgan fingerprint density at radius 3 is 2.44 bits per heavy atom. The van der Waals surface area contributed by atoms with E-state index in [1.165, 1.54) is 12.1 Å². The first kappa shape index (κ1) is 12.5. The molecular weight excluding hydrogens is 249 g/mol. The van der Waals surface area contributed by atoms with Crippen LogP contribution in [0.15, 0.2) is 42.5 Å². The number of rotatable bonds is 3. The summed E-state index contributed by atoms with van der Waals surface area (Å²) < 4.78 is 18.7. The summed E-state index contributed by atoms with van der Waals surface area (Å²) in [4.78, 5) is 0.337. The smallest absolute Gasteiger partial charge is 0.133 e. The molecular formula is C14H12FNOS. The molecule has 92 valence electrons. The van der Waals surface area contributed by atoms with Crippen LogP contribution >= 0.6 is 12.2 Å². The van der Waals surface area contributed by atoms with Gasteiger partial charge in [-0.2, -0.15) is 0 Å². The second-order valence-corrected chi connectivity index (χ2v) is 4.34. The minimum atomic E-state index is -0.324. The molecule has 18 heavy (non-hydrogen) atoms. The van der Waals surface area contributed by atoms with Crippen LogP contribution in [0.5, 0.6) is 11.5 Å². The molecule has 2 aromatic carbocycles. The van der Waals surface area contributed by atoms with E-state index in [4.69, 9.17) is 22.7 Å². The Morgan fingerprint density at radius 1 is 1.17 bits per heavy atom. The maximum Gasteiger partial charge on any atom is 0.133 e. The van der Waals surface area contributed by atoms with Crippen LogP contribution in [0.2, 0.25) is 0 Å². The Hall–Kier alpha value is -1.94. The number of hydrogen-bond donors (Lipinski definition) is 1. The lowest BCUT2D eigenvalue weighted by molar-refractivity contribution is 0.473. The van der Waals surface area contributed by atoms with Gasteiger partial charge in [0.2, 0.25) is 0 Å². The van der Waals surface area contributed by atoms with Gasteiger partial charge in [-0.15, -0.1) is 0 Å². The van der Waals surface area contributed by atoms with Gasteiger partial charge in [0.05, 0.1) is 0 Å². The molecule has 0 heterocycles. The molecule has 0 fully saturated rings. The molecule has 4 heteroatoms. The summed E-state index contributed by atoms with van der Waals surface area (Å²) in [6.45, 7) is 1.86. The van der Waals surface area contributed by atoms with Gasteiger partial charge in [0.25, 0.3) is 0 Å². The van der Waals surface area contributed by atoms with E-state index in [9.17, 15) is 4.39 Å². The molecule has 0 saturated carbocycles. The molecule has 2 nitrogen and oxygen atoms in total. The molecule has 0 radical (unpaired) electrons. The average Bonchev–Trinajstić information content (AvgIpc) is 2.34. The van der Waals surface area contributed by atoms with Gasteiger partial charge in [-0.05, 0) is 42.8 Å². The molecule has 0 unspecified atom stereocenters. The van der Waals surface area contributed by atoms with Crippen molar-refractivity contribution < 1.29 is 9.13 Å². The van der Waals surface area contributed by atoms with Crippen molar-refractivity contribution in [3.8, 4) is 11.5 Å². The van der Waals surface area contributed by atoms with E-state index in [2.05, 4.69) is 0 Å². The first-order valence-corrected chi connectivity index (χ1v) is 5.81. The third-order valence-electron chi connectivity index (χ3n) is 2.52. The first-order valence-electron chi connectivity index (χ1n) is 5.40. The van der Waals surface area contributed by atoms with Gasteiger partial charge in [-0.1, -0.05) is 18.3 Å². The van der Waals surface area contributed by atoms with Crippen LogP contribution in [0, 0.1) is 12.7 Å². The maximum atomic E-state index is 13.1. The fourth-order valence-electron chi connectivity index (χ4n) is 1.50. The molecule has 0 aromatic heterocycles. The number of ether oxygens (including phenoxy) is 1. The van der Waals surface area contributed by atoms with Gasteiger partial charge in [-0.25, -0.2) is 4.39 Å². The largest absolute Gasteiger partial charge is 0.457 e. The lowest BCUT2D eigenvalue weighted by Gasteiger charge is -2.09. The van der Waals surface area contributed by atoms with Gasteiger partial charge in [0.15, 0.2) is 0 Å². The van der Waals surface area contributed by atoms with E-state index in [1.807, 2.05) is 6.92 Å². The van der Waals surface area contributed by atoms with E-state index in [0.29, 0.717) is 16.5 Å². The quantitative estimate of drug-likeness (QED) is 0.858. The maximum absolute atomic E-state index is 13.1. The normalized spacial score (nSPS) is 10.1. The van der Waals surface area contributed by atoms with Crippen LogP contribution in [0.4, 0.5) is 4.39 Å². The second-order valence-electron chi connectivity index (χ2n) is 3.90. The van der Waals surface area contributed by atoms with E-state index in [-0.39, 0.29) is 5.82 Å². The van der Waals surface area contributed by atoms with Crippen molar-refractivity contribution in [2.75, 3.05) is 0 Å². The Bertz CT molecular complexity index is 581. The highest BCUT2D eigenvalue weighted by Crippen LogP contribution is 2.25. The van der Waals surface area contributed by atoms with Gasteiger partial charge >= 0.3 is 0 Å². The standard InChI is InChI=1S/C14H12FNOS/c1-9-2-5-11(15)8-13(9)17-12-6-3-10(4-7-12)14(16)18/h2-8H,1H3,(H2,16,18). The molecule has 0 bridgehead atoms. The first-order chi connectivity index (χ1) is 8.56. The van der Waals surface area contributed by atoms with Crippen molar-refractivity contribution in [2.45, 2.75) is 6.92 Å². The van der Waals surface area contributed by atoms with Gasteiger partial charge in [0, 0.05) is 11.6 Å². The lowest BCUT2D eigenvalue weighted by Crippen LogP contribution is -2.08. The van der Waals surface area contributed by atoms with Crippen molar-refractivity contribution >= 4 is 17.2 Å². The average molecular weight is 261 g/mol. The summed E-state index contributed by atoms with van der Waals surface area (Å²) in [6.07, 6.45) is 0. The van der Waals surface area contributed by atoms with E-state index < -0.39 is 0 Å². The molecule has 2 N–H and O–H groups in total. The topological polar surface area (TPSA) is 35.2 Å². The van der Waals surface area contributed by atoms with E-state index >= 15 is 0 Å². The lowest BCUT2D eigenvalue weighted by atomic mass is 10.2. The Labute approximate surface area is 110 Å². The van der Waals surface area contributed by atoms with Crippen LogP contribution in [0.1, 0.15) is 11.1 Å². The third kappa shape index (κ3) is 2.84. The zero-order chi connectivity index (χ0) is 13.1. The number of thiocarbonyl (C=S) groups is 1. The van der Waals surface area contributed by atoms with Crippen LogP contribution in [0.3, 0.4) is 0 Å². The van der Waals surface area contributed by atoms with Gasteiger partial charge < -0.3 is 10.5 Å². The molecule has 0 aliphatic heterocycles. The number of aryl methyl sites for hydroxylation is 1. The third-order valence-corrected chi connectivity index (χ3v) is 2.75. The molecule has 2 rings (SSSR count). The van der Waals surface area contributed by atoms with Crippen molar-refractivity contribution in [1.29, 1.82) is 0 Å². The van der Waals surface area contributed by atoms with Gasteiger partial charge in [0.1, 0.15) is 22.3 Å². The van der Waals surface area contributed by atoms with E-state index in [1.54, 1.807) is 30.3 Å². The zero-order valence-corrected chi connectivity index (χ0v) is 10.6. The monoisotopic (exact) mass is 261 g/mol. The van der Waals surface area contributed by atoms with Crippen molar-refractivity contribution in [3.05, 3.63) is 59.4 Å². The van der Waals surface area contributed by atoms with Crippen molar-refractivity contribution in [3.63, 3.8) is 0 Å². The molecule has 0 spiro atoms. The summed E-state index contributed by atoms with van der Waals surface area (Å²) in [5, 5.41) is 0. The van der Waals surface area contributed by atoms with Gasteiger partial charge in [-0.3, -0.25) is 0 Å². The SMILES string of the molecule is Cc1ccc(F)cc1Oc1ccc(C(N)=S)cc1. The molecule has 0 aliphatic carbocycles. The highest BCUT2D eigenvalue weighted by atomic mass is 32.1. The van der Waals surface area contributed by atoms with Crippen LogP contribution in [-0.4, -0.2) is 4.99 Å². The Morgan fingerprint density at radius 2 is 1.83 bits per heavy atom. The minimum absolute atomic E-state index is 0.324. The molecule has 0 atom stereocenters. The zero-order valence-electron chi connectivity index (χ0n) is 9.81. The number of benzene rings is 2. The van der Waals surface area contributed by atoms with E-state index in [0.717, 1.165) is 11.1 Å². The molecule has 0 saturated heterocycles. The highest BCUT2D eigenvalue weighted by Gasteiger charge is 2.04. The number of halogens is 1. The van der Waals surface area contributed by atoms with Crippen LogP contribution < -0.4 is 10.5 Å². The summed E-state index contributed by atoms with van der Waals surface area (Å²) in [7, 11) is 0. The summed E-state index contributed by atoms with van der Waals surface area (Å²) in [5.41, 5.74) is 7.14. The Kier molecular flexibility index (Phi) is 3.58. The number of hydrogen-bond acceptors (Lipinski definition) is 2. The van der Waals surface area contributed by atoms with Crippen LogP contribution in [0.25, 0.3) is 0 Å². The highest BCUT2D eigenvalue weighted by molar-refractivity contribution is 7.80. The predicted octanol–water partition coefficient (Wildman–Crippen LogP) is 3.56. The predicted molar refractivity (Wildman–Crippen MR) is 73.5 cm³/mol. The summed E-state index contributed by atoms with van der Waals surface area (Å²) in [5.74, 6) is 0.789. The number of nitrogens with two attached hydrogens (primary N) is 1. The van der Waals surface area contributed by atoms with Crippen molar-refractivity contribution in [1.82, 2.24) is 0 Å². The minimum Gasteiger partial charge on any atom is -0.457 e. The fraction of sp³-hybridized carbons (Fsp3) is 0.0714. The summed E-state index contributed by atoms with van der Waals surface area (Å²) >= 11 is 4.86. The fourth-order valence-corrected chi connectivity index (χ4v) is 1.63. The summed E-state index contributed by atoms with van der Waals surface area (Å²) in [6, 6.07) is 11.5. The molecule has 2 aromatic rings. The van der Waals surface area contributed by atoms with Crippen molar-refractivity contribution in [2.24, 2.45) is 5.73 Å². The van der Waals surface area contributed by atoms with Crippen LogP contribution in [-0.2, 0) is 0 Å². The second kappa shape index (κ2) is 5.14. The molecule has 0 amide bonds. The molecule has 0 aliphatic rings. The Balaban J connectivity index is 2.23.